The first-order valence-electron chi connectivity index (χ1n) is 7.08. The summed E-state index contributed by atoms with van der Waals surface area (Å²) >= 11 is 1.87. The van der Waals surface area contributed by atoms with E-state index in [-0.39, 0.29) is 5.82 Å². The zero-order chi connectivity index (χ0) is 14.5. The SMILES string of the molecule is Cc1ccc(CC(C)NC(C)Cc2ccc(F)cc2)s1. The highest BCUT2D eigenvalue weighted by Crippen LogP contribution is 2.17. The Kier molecular flexibility index (Phi) is 5.32. The van der Waals surface area contributed by atoms with E-state index in [1.807, 2.05) is 23.5 Å². The molecule has 2 atom stereocenters. The molecule has 2 unspecified atom stereocenters. The van der Waals surface area contributed by atoms with Crippen LogP contribution in [-0.4, -0.2) is 12.1 Å². The maximum absolute atomic E-state index is 12.9. The summed E-state index contributed by atoms with van der Waals surface area (Å²) in [6.45, 7) is 6.54. The van der Waals surface area contributed by atoms with Crippen LogP contribution in [0.3, 0.4) is 0 Å². The van der Waals surface area contributed by atoms with Crippen molar-refractivity contribution in [2.24, 2.45) is 0 Å². The Balaban J connectivity index is 1.81. The minimum atomic E-state index is -0.171. The summed E-state index contributed by atoms with van der Waals surface area (Å²) in [6, 6.07) is 12.0. The van der Waals surface area contributed by atoms with Gasteiger partial charge in [0.05, 0.1) is 0 Å². The number of benzene rings is 1. The summed E-state index contributed by atoms with van der Waals surface area (Å²) < 4.78 is 12.9. The van der Waals surface area contributed by atoms with Crippen molar-refractivity contribution in [2.75, 3.05) is 0 Å². The van der Waals surface area contributed by atoms with Crippen molar-refractivity contribution in [3.63, 3.8) is 0 Å². The lowest BCUT2D eigenvalue weighted by Gasteiger charge is -2.19. The Morgan fingerprint density at radius 3 is 2.25 bits per heavy atom. The summed E-state index contributed by atoms with van der Waals surface area (Å²) in [5.74, 6) is -0.171. The zero-order valence-electron chi connectivity index (χ0n) is 12.3. The highest BCUT2D eigenvalue weighted by Gasteiger charge is 2.10. The molecule has 0 saturated carbocycles. The lowest BCUT2D eigenvalue weighted by Crippen LogP contribution is -2.37. The second-order valence-corrected chi connectivity index (χ2v) is 6.89. The second-order valence-electron chi connectivity index (χ2n) is 5.52. The normalized spacial score (nSPS) is 14.2. The third-order valence-corrected chi connectivity index (χ3v) is 4.35. The number of aryl methyl sites for hydroxylation is 1. The molecule has 0 radical (unpaired) electrons. The van der Waals surface area contributed by atoms with Crippen molar-refractivity contribution in [3.05, 3.63) is 57.5 Å². The molecule has 1 aromatic carbocycles. The fourth-order valence-corrected chi connectivity index (χ4v) is 3.49. The maximum Gasteiger partial charge on any atom is 0.123 e. The van der Waals surface area contributed by atoms with Crippen LogP contribution in [0.15, 0.2) is 36.4 Å². The first-order valence-corrected chi connectivity index (χ1v) is 7.90. The lowest BCUT2D eigenvalue weighted by molar-refractivity contribution is 0.464. The molecule has 3 heteroatoms. The Morgan fingerprint density at radius 1 is 1.00 bits per heavy atom. The van der Waals surface area contributed by atoms with Crippen molar-refractivity contribution in [1.29, 1.82) is 0 Å². The van der Waals surface area contributed by atoms with E-state index in [0.29, 0.717) is 12.1 Å². The predicted octanol–water partition coefficient (Wildman–Crippen LogP) is 4.35. The van der Waals surface area contributed by atoms with Crippen molar-refractivity contribution in [3.8, 4) is 0 Å². The Labute approximate surface area is 124 Å². The van der Waals surface area contributed by atoms with E-state index >= 15 is 0 Å². The third kappa shape index (κ3) is 4.73. The summed E-state index contributed by atoms with van der Waals surface area (Å²) in [6.07, 6.45) is 1.99. The number of nitrogens with one attached hydrogen (secondary N) is 1. The van der Waals surface area contributed by atoms with E-state index in [1.165, 1.54) is 27.5 Å². The molecule has 20 heavy (non-hydrogen) atoms. The van der Waals surface area contributed by atoms with Gasteiger partial charge in [-0.2, -0.15) is 0 Å². The molecule has 1 aromatic heterocycles. The summed E-state index contributed by atoms with van der Waals surface area (Å²) in [7, 11) is 0. The van der Waals surface area contributed by atoms with Crippen LogP contribution in [0.25, 0.3) is 0 Å². The van der Waals surface area contributed by atoms with Gasteiger partial charge in [-0.25, -0.2) is 4.39 Å². The number of halogens is 1. The molecule has 1 heterocycles. The lowest BCUT2D eigenvalue weighted by atomic mass is 10.1. The molecule has 0 aliphatic rings. The van der Waals surface area contributed by atoms with Crippen LogP contribution >= 0.6 is 11.3 Å². The molecular weight excluding hydrogens is 269 g/mol. The Hall–Kier alpha value is -1.19. The largest absolute Gasteiger partial charge is 0.311 e. The molecule has 0 bridgehead atoms. The molecule has 0 amide bonds. The van der Waals surface area contributed by atoms with Crippen molar-refractivity contribution < 1.29 is 4.39 Å². The van der Waals surface area contributed by atoms with Gasteiger partial charge < -0.3 is 5.32 Å². The molecule has 0 aliphatic heterocycles. The molecule has 0 saturated heterocycles. The van der Waals surface area contributed by atoms with Gasteiger partial charge in [0, 0.05) is 21.8 Å². The Bertz CT molecular complexity index is 532. The number of rotatable bonds is 6. The van der Waals surface area contributed by atoms with E-state index in [9.17, 15) is 4.39 Å². The predicted molar refractivity (Wildman–Crippen MR) is 84.9 cm³/mol. The first kappa shape index (κ1) is 15.2. The van der Waals surface area contributed by atoms with Gasteiger partial charge in [-0.15, -0.1) is 11.3 Å². The van der Waals surface area contributed by atoms with E-state index in [1.54, 1.807) is 0 Å². The third-order valence-electron chi connectivity index (χ3n) is 3.33. The first-order chi connectivity index (χ1) is 9.52. The molecule has 2 aromatic rings. The zero-order valence-corrected chi connectivity index (χ0v) is 13.1. The van der Waals surface area contributed by atoms with Crippen LogP contribution in [0.1, 0.15) is 29.2 Å². The van der Waals surface area contributed by atoms with Gasteiger partial charge in [-0.3, -0.25) is 0 Å². The van der Waals surface area contributed by atoms with Gasteiger partial charge in [0.2, 0.25) is 0 Å². The molecule has 2 rings (SSSR count). The van der Waals surface area contributed by atoms with Gasteiger partial charge in [0.1, 0.15) is 5.82 Å². The molecular formula is C17H22FNS. The van der Waals surface area contributed by atoms with Gasteiger partial charge in [0.15, 0.2) is 0 Å². The van der Waals surface area contributed by atoms with Gasteiger partial charge >= 0.3 is 0 Å². The second kappa shape index (κ2) is 7.00. The minimum Gasteiger partial charge on any atom is -0.311 e. The molecule has 0 spiro atoms. The van der Waals surface area contributed by atoms with Crippen molar-refractivity contribution in [2.45, 2.75) is 45.7 Å². The van der Waals surface area contributed by atoms with Crippen molar-refractivity contribution >= 4 is 11.3 Å². The van der Waals surface area contributed by atoms with Crippen LogP contribution in [-0.2, 0) is 12.8 Å². The molecule has 1 N–H and O–H groups in total. The van der Waals surface area contributed by atoms with Gasteiger partial charge in [-0.05, 0) is 63.4 Å². The average Bonchev–Trinajstić information content (AvgIpc) is 2.77. The smallest absolute Gasteiger partial charge is 0.123 e. The van der Waals surface area contributed by atoms with E-state index in [0.717, 1.165) is 12.8 Å². The van der Waals surface area contributed by atoms with Gasteiger partial charge in [-0.1, -0.05) is 12.1 Å². The Morgan fingerprint density at radius 2 is 1.65 bits per heavy atom. The molecule has 108 valence electrons. The fraction of sp³-hybridized carbons (Fsp3) is 0.412. The topological polar surface area (TPSA) is 12.0 Å². The van der Waals surface area contributed by atoms with E-state index in [2.05, 4.69) is 38.2 Å². The van der Waals surface area contributed by atoms with Crippen LogP contribution in [0.5, 0.6) is 0 Å². The van der Waals surface area contributed by atoms with E-state index in [4.69, 9.17) is 0 Å². The number of hydrogen-bond donors (Lipinski definition) is 1. The highest BCUT2D eigenvalue weighted by atomic mass is 32.1. The quantitative estimate of drug-likeness (QED) is 0.834. The summed E-state index contributed by atoms with van der Waals surface area (Å²) in [5.41, 5.74) is 1.17. The van der Waals surface area contributed by atoms with Gasteiger partial charge in [0.25, 0.3) is 0 Å². The van der Waals surface area contributed by atoms with Crippen LogP contribution < -0.4 is 5.32 Å². The highest BCUT2D eigenvalue weighted by molar-refractivity contribution is 7.11. The fourth-order valence-electron chi connectivity index (χ4n) is 2.47. The summed E-state index contributed by atoms with van der Waals surface area (Å²) in [5, 5.41) is 3.61. The van der Waals surface area contributed by atoms with Crippen molar-refractivity contribution in [1.82, 2.24) is 5.32 Å². The minimum absolute atomic E-state index is 0.171. The monoisotopic (exact) mass is 291 g/mol. The average molecular weight is 291 g/mol. The summed E-state index contributed by atoms with van der Waals surface area (Å²) in [4.78, 5) is 2.79. The maximum atomic E-state index is 12.9. The van der Waals surface area contributed by atoms with Crippen LogP contribution in [0.2, 0.25) is 0 Å². The molecule has 0 aliphatic carbocycles. The van der Waals surface area contributed by atoms with E-state index < -0.39 is 0 Å². The number of hydrogen-bond acceptors (Lipinski definition) is 2. The van der Waals surface area contributed by atoms with Crippen LogP contribution in [0.4, 0.5) is 4.39 Å². The standard InChI is InChI=1S/C17H22FNS/c1-12(10-15-5-7-16(18)8-6-15)19-13(2)11-17-9-4-14(3)20-17/h4-9,12-13,19H,10-11H2,1-3H3. The molecule has 1 nitrogen and oxygen atoms in total. The van der Waals surface area contributed by atoms with Crippen LogP contribution in [0, 0.1) is 12.7 Å². The number of thiophene rings is 1. The molecule has 0 fully saturated rings.